The maximum atomic E-state index is 6.09. The number of hydrogen-bond donors (Lipinski definition) is 1. The molecular formula is C17H33N3S. The summed E-state index contributed by atoms with van der Waals surface area (Å²) in [6.45, 7) is 13.0. The predicted molar refractivity (Wildman–Crippen MR) is 95.2 cm³/mol. The average molecular weight is 312 g/mol. The van der Waals surface area contributed by atoms with Gasteiger partial charge in [0, 0.05) is 22.8 Å². The van der Waals surface area contributed by atoms with E-state index >= 15 is 0 Å². The summed E-state index contributed by atoms with van der Waals surface area (Å²) in [5.74, 6) is 0. The van der Waals surface area contributed by atoms with Gasteiger partial charge in [-0.25, -0.2) is 0 Å². The fourth-order valence-corrected chi connectivity index (χ4v) is 3.72. The molecule has 0 fully saturated rings. The van der Waals surface area contributed by atoms with E-state index in [0.717, 1.165) is 19.6 Å². The van der Waals surface area contributed by atoms with Crippen molar-refractivity contribution < 1.29 is 0 Å². The largest absolute Gasteiger partial charge is 0.329 e. The molecule has 0 aliphatic carbocycles. The second-order valence-electron chi connectivity index (χ2n) is 6.99. The van der Waals surface area contributed by atoms with Crippen molar-refractivity contribution in [2.45, 2.75) is 45.6 Å². The van der Waals surface area contributed by atoms with Crippen LogP contribution < -0.4 is 5.73 Å². The Bertz CT molecular complexity index is 406. The molecule has 3 nitrogen and oxygen atoms in total. The Morgan fingerprint density at radius 1 is 1.19 bits per heavy atom. The van der Waals surface area contributed by atoms with Gasteiger partial charge in [-0.3, -0.25) is 4.90 Å². The fraction of sp³-hybridized carbons (Fsp3) is 0.765. The normalized spacial score (nSPS) is 14.1. The van der Waals surface area contributed by atoms with Crippen LogP contribution in [0.1, 0.15) is 49.9 Å². The van der Waals surface area contributed by atoms with Gasteiger partial charge in [-0.2, -0.15) is 0 Å². The molecule has 0 radical (unpaired) electrons. The van der Waals surface area contributed by atoms with Gasteiger partial charge in [0.15, 0.2) is 0 Å². The summed E-state index contributed by atoms with van der Waals surface area (Å²) in [4.78, 5) is 7.62. The van der Waals surface area contributed by atoms with Gasteiger partial charge in [-0.1, -0.05) is 27.7 Å². The lowest BCUT2D eigenvalue weighted by molar-refractivity contribution is 0.204. The van der Waals surface area contributed by atoms with Crippen LogP contribution in [0.3, 0.4) is 0 Å². The van der Waals surface area contributed by atoms with E-state index in [4.69, 9.17) is 5.73 Å². The molecule has 21 heavy (non-hydrogen) atoms. The molecule has 1 atom stereocenters. The van der Waals surface area contributed by atoms with Crippen LogP contribution >= 0.6 is 11.3 Å². The Labute approximate surface area is 135 Å². The molecule has 0 aromatic carbocycles. The van der Waals surface area contributed by atoms with Crippen molar-refractivity contribution in [1.82, 2.24) is 9.80 Å². The molecule has 122 valence electrons. The van der Waals surface area contributed by atoms with Crippen LogP contribution in [0.4, 0.5) is 0 Å². The quantitative estimate of drug-likeness (QED) is 0.799. The van der Waals surface area contributed by atoms with Crippen LogP contribution in [-0.2, 0) is 5.41 Å². The van der Waals surface area contributed by atoms with Gasteiger partial charge in [0.2, 0.25) is 0 Å². The smallest absolute Gasteiger partial charge is 0.0564 e. The number of thiophene rings is 1. The van der Waals surface area contributed by atoms with Crippen molar-refractivity contribution in [3.63, 3.8) is 0 Å². The lowest BCUT2D eigenvalue weighted by Crippen LogP contribution is -2.35. The second-order valence-corrected chi connectivity index (χ2v) is 8.10. The van der Waals surface area contributed by atoms with Crippen molar-refractivity contribution in [2.75, 3.05) is 40.3 Å². The Kier molecular flexibility index (Phi) is 7.34. The minimum atomic E-state index is 0.226. The average Bonchev–Trinajstić information content (AvgIpc) is 2.86. The van der Waals surface area contributed by atoms with Crippen LogP contribution in [0.2, 0.25) is 0 Å². The van der Waals surface area contributed by atoms with Crippen LogP contribution in [0.5, 0.6) is 0 Å². The van der Waals surface area contributed by atoms with Crippen LogP contribution in [0.25, 0.3) is 0 Å². The summed E-state index contributed by atoms with van der Waals surface area (Å²) < 4.78 is 0. The van der Waals surface area contributed by atoms with E-state index in [-0.39, 0.29) is 5.41 Å². The lowest BCUT2D eigenvalue weighted by Gasteiger charge is -2.29. The summed E-state index contributed by atoms with van der Waals surface area (Å²) in [5, 5.41) is 0. The lowest BCUT2D eigenvalue weighted by atomic mass is 9.95. The molecule has 0 spiro atoms. The van der Waals surface area contributed by atoms with E-state index in [1.165, 1.54) is 16.2 Å². The molecule has 1 aromatic heterocycles. The van der Waals surface area contributed by atoms with E-state index in [1.54, 1.807) is 0 Å². The van der Waals surface area contributed by atoms with Gasteiger partial charge < -0.3 is 10.6 Å². The zero-order chi connectivity index (χ0) is 16.0. The third-order valence-electron chi connectivity index (χ3n) is 3.82. The number of hydrogen-bond acceptors (Lipinski definition) is 4. The Morgan fingerprint density at radius 2 is 1.86 bits per heavy atom. The molecule has 4 heteroatoms. The molecule has 0 aliphatic heterocycles. The van der Waals surface area contributed by atoms with Crippen molar-refractivity contribution in [3.8, 4) is 0 Å². The standard InChI is InChI=1S/C17H33N3S/c1-7-20(12-8-11-19(5)6)14(13-18)15-9-10-16(21-15)17(2,3)4/h9-10,14H,7-8,11-13,18H2,1-6H3. The summed E-state index contributed by atoms with van der Waals surface area (Å²) in [6, 6.07) is 4.91. The van der Waals surface area contributed by atoms with Crippen LogP contribution in [0, 0.1) is 0 Å². The molecule has 0 aliphatic rings. The number of rotatable bonds is 8. The van der Waals surface area contributed by atoms with Gasteiger partial charge in [0.25, 0.3) is 0 Å². The molecule has 0 bridgehead atoms. The molecular weight excluding hydrogens is 278 g/mol. The van der Waals surface area contributed by atoms with E-state index in [9.17, 15) is 0 Å². The number of nitrogens with zero attached hydrogens (tertiary/aromatic N) is 2. The monoisotopic (exact) mass is 311 g/mol. The van der Waals surface area contributed by atoms with E-state index < -0.39 is 0 Å². The maximum Gasteiger partial charge on any atom is 0.0564 e. The van der Waals surface area contributed by atoms with E-state index in [0.29, 0.717) is 12.6 Å². The first kappa shape index (κ1) is 18.6. The first-order chi connectivity index (χ1) is 9.79. The highest BCUT2D eigenvalue weighted by atomic mass is 32.1. The summed E-state index contributed by atoms with van der Waals surface area (Å²) in [5.41, 5.74) is 6.31. The van der Waals surface area contributed by atoms with Crippen molar-refractivity contribution >= 4 is 11.3 Å². The van der Waals surface area contributed by atoms with E-state index in [2.05, 4.69) is 63.7 Å². The number of nitrogens with two attached hydrogens (primary N) is 1. The third kappa shape index (κ3) is 5.70. The second kappa shape index (κ2) is 8.28. The highest BCUT2D eigenvalue weighted by Gasteiger charge is 2.22. The SMILES string of the molecule is CCN(CCCN(C)C)C(CN)c1ccc(C(C)(C)C)s1. The van der Waals surface area contributed by atoms with Gasteiger partial charge in [-0.15, -0.1) is 11.3 Å². The van der Waals surface area contributed by atoms with Gasteiger partial charge in [0.05, 0.1) is 6.04 Å². The zero-order valence-corrected chi connectivity index (χ0v) is 15.5. The van der Waals surface area contributed by atoms with E-state index in [1.807, 2.05) is 11.3 Å². The molecule has 2 N–H and O–H groups in total. The number of likely N-dealkylation sites (N-methyl/N-ethyl adjacent to an activating group) is 1. The Morgan fingerprint density at radius 3 is 2.29 bits per heavy atom. The Balaban J connectivity index is 2.77. The van der Waals surface area contributed by atoms with Crippen molar-refractivity contribution in [3.05, 3.63) is 21.9 Å². The maximum absolute atomic E-state index is 6.09. The van der Waals surface area contributed by atoms with Crippen molar-refractivity contribution in [2.24, 2.45) is 5.73 Å². The molecule has 0 amide bonds. The predicted octanol–water partition coefficient (Wildman–Crippen LogP) is 3.32. The Hall–Kier alpha value is -0.420. The first-order valence-electron chi connectivity index (χ1n) is 7.98. The molecule has 0 saturated carbocycles. The van der Waals surface area contributed by atoms with Gasteiger partial charge in [-0.05, 0) is 51.2 Å². The molecule has 0 saturated heterocycles. The minimum Gasteiger partial charge on any atom is -0.329 e. The third-order valence-corrected chi connectivity index (χ3v) is 5.43. The summed E-state index contributed by atoms with van der Waals surface area (Å²) in [6.07, 6.45) is 1.19. The molecule has 1 rings (SSSR count). The topological polar surface area (TPSA) is 32.5 Å². The fourth-order valence-electron chi connectivity index (χ4n) is 2.50. The molecule has 1 aromatic rings. The van der Waals surface area contributed by atoms with Gasteiger partial charge in [0.1, 0.15) is 0 Å². The minimum absolute atomic E-state index is 0.226. The highest BCUT2D eigenvalue weighted by molar-refractivity contribution is 7.12. The first-order valence-corrected chi connectivity index (χ1v) is 8.80. The highest BCUT2D eigenvalue weighted by Crippen LogP contribution is 2.34. The van der Waals surface area contributed by atoms with Crippen LogP contribution in [-0.4, -0.2) is 50.1 Å². The van der Waals surface area contributed by atoms with Gasteiger partial charge >= 0.3 is 0 Å². The zero-order valence-electron chi connectivity index (χ0n) is 14.6. The summed E-state index contributed by atoms with van der Waals surface area (Å²) in [7, 11) is 4.26. The summed E-state index contributed by atoms with van der Waals surface area (Å²) >= 11 is 1.92. The van der Waals surface area contributed by atoms with Crippen molar-refractivity contribution in [1.29, 1.82) is 0 Å². The van der Waals surface area contributed by atoms with Crippen LogP contribution in [0.15, 0.2) is 12.1 Å². The molecule has 1 heterocycles. The molecule has 1 unspecified atom stereocenters.